The Labute approximate surface area is 220 Å². The van der Waals surface area contributed by atoms with Gasteiger partial charge in [0, 0.05) is 31.7 Å². The molecule has 11 nitrogen and oxygen atoms in total. The van der Waals surface area contributed by atoms with Crippen molar-refractivity contribution in [2.45, 2.75) is 25.3 Å². The fourth-order valence-electron chi connectivity index (χ4n) is 3.75. The highest BCUT2D eigenvalue weighted by Crippen LogP contribution is 2.32. The highest BCUT2D eigenvalue weighted by atomic mass is 19.4. The summed E-state index contributed by atoms with van der Waals surface area (Å²) in [6, 6.07) is 0.340. The van der Waals surface area contributed by atoms with Crippen LogP contribution in [-0.4, -0.2) is 63.3 Å². The molecule has 0 spiro atoms. The lowest BCUT2D eigenvalue weighted by molar-refractivity contribution is -0.139. The summed E-state index contributed by atoms with van der Waals surface area (Å²) in [7, 11) is 0. The minimum absolute atomic E-state index is 0.0712. The van der Waals surface area contributed by atoms with Crippen LogP contribution in [0.15, 0.2) is 35.6 Å². The SMILES string of the molecule is CC(COc1nccc(N2CCN(c3ncc(C(F)(F)F)cn3)CC2=O)c1F)Nc1cn[nH]c(=O)c1C(F)(F)F. The number of piperazine rings is 1. The zero-order valence-corrected chi connectivity index (χ0v) is 20.3. The summed E-state index contributed by atoms with van der Waals surface area (Å²) >= 11 is 0. The molecule has 1 unspecified atom stereocenters. The zero-order chi connectivity index (χ0) is 29.2. The summed E-state index contributed by atoms with van der Waals surface area (Å²) in [6.07, 6.45) is -6.46. The van der Waals surface area contributed by atoms with E-state index in [-0.39, 0.29) is 37.9 Å². The third kappa shape index (κ3) is 6.20. The first kappa shape index (κ1) is 28.5. The first-order valence-corrected chi connectivity index (χ1v) is 11.4. The molecule has 4 heterocycles. The molecule has 1 saturated heterocycles. The number of carbonyl (C=O) groups excluding carboxylic acids is 1. The van der Waals surface area contributed by atoms with Gasteiger partial charge in [0.2, 0.25) is 17.7 Å². The second kappa shape index (κ2) is 10.9. The zero-order valence-electron chi connectivity index (χ0n) is 20.3. The van der Waals surface area contributed by atoms with Crippen molar-refractivity contribution in [1.82, 2.24) is 25.1 Å². The van der Waals surface area contributed by atoms with Gasteiger partial charge in [0.25, 0.3) is 11.4 Å². The van der Waals surface area contributed by atoms with Crippen molar-refractivity contribution < 1.29 is 40.3 Å². The van der Waals surface area contributed by atoms with Crippen LogP contribution in [0.1, 0.15) is 18.1 Å². The molecule has 1 aliphatic rings. The predicted octanol–water partition coefficient (Wildman–Crippen LogP) is 2.86. The molecule has 4 rings (SSSR count). The monoisotopic (exact) mass is 576 g/mol. The summed E-state index contributed by atoms with van der Waals surface area (Å²) in [4.78, 5) is 37.9. The lowest BCUT2D eigenvalue weighted by Crippen LogP contribution is -2.51. The molecule has 3 aromatic heterocycles. The molecule has 1 aliphatic heterocycles. The standard InChI is InChI=1S/C22H19F7N8O3/c1-11(34-13-8-33-35-18(39)16(13)22(27,28)29)10-40-19-17(23)14(2-3-30-19)37-5-4-36(9-15(37)38)20-31-6-12(7-32-20)21(24,25)26/h2-3,6-8,11H,4-5,9-10H2,1H3,(H2,34,35,39). The van der Waals surface area contributed by atoms with Crippen molar-refractivity contribution in [2.75, 3.05) is 41.4 Å². The van der Waals surface area contributed by atoms with E-state index < -0.39 is 58.4 Å². The number of nitrogens with zero attached hydrogens (tertiary/aromatic N) is 6. The highest BCUT2D eigenvalue weighted by molar-refractivity contribution is 5.97. The average molecular weight is 576 g/mol. The van der Waals surface area contributed by atoms with Gasteiger partial charge in [-0.05, 0) is 13.0 Å². The molecule has 0 aromatic carbocycles. The van der Waals surface area contributed by atoms with Crippen molar-refractivity contribution >= 4 is 23.2 Å². The Morgan fingerprint density at radius 1 is 1.05 bits per heavy atom. The molecule has 18 heteroatoms. The van der Waals surface area contributed by atoms with Gasteiger partial charge in [0.1, 0.15) is 18.7 Å². The Bertz CT molecular complexity index is 1430. The number of nitrogens with one attached hydrogen (secondary N) is 2. The van der Waals surface area contributed by atoms with Gasteiger partial charge in [0.05, 0.1) is 29.2 Å². The van der Waals surface area contributed by atoms with Gasteiger partial charge < -0.3 is 19.9 Å². The number of pyridine rings is 1. The van der Waals surface area contributed by atoms with Crippen LogP contribution in [0.4, 0.5) is 48.1 Å². The molecule has 0 saturated carbocycles. The Hall–Kier alpha value is -4.51. The van der Waals surface area contributed by atoms with E-state index in [1.165, 1.54) is 17.9 Å². The topological polar surface area (TPSA) is 129 Å². The van der Waals surface area contributed by atoms with Gasteiger partial charge in [-0.15, -0.1) is 0 Å². The lowest BCUT2D eigenvalue weighted by Gasteiger charge is -2.34. The molecule has 2 N–H and O–H groups in total. The highest BCUT2D eigenvalue weighted by Gasteiger charge is 2.38. The van der Waals surface area contributed by atoms with Crippen LogP contribution in [0.3, 0.4) is 0 Å². The smallest absolute Gasteiger partial charge is 0.423 e. The molecule has 0 radical (unpaired) electrons. The predicted molar refractivity (Wildman–Crippen MR) is 124 cm³/mol. The van der Waals surface area contributed by atoms with Crippen molar-refractivity contribution in [3.8, 4) is 5.88 Å². The quantitative estimate of drug-likeness (QED) is 0.408. The number of halogens is 7. The number of hydrogen-bond acceptors (Lipinski definition) is 9. The number of amides is 1. The first-order valence-electron chi connectivity index (χ1n) is 11.4. The van der Waals surface area contributed by atoms with Crippen LogP contribution in [0, 0.1) is 5.82 Å². The van der Waals surface area contributed by atoms with Gasteiger partial charge >= 0.3 is 12.4 Å². The van der Waals surface area contributed by atoms with Crippen molar-refractivity contribution in [2.24, 2.45) is 0 Å². The molecular weight excluding hydrogens is 557 g/mol. The van der Waals surface area contributed by atoms with E-state index >= 15 is 4.39 Å². The minimum Gasteiger partial charge on any atom is -0.473 e. The molecule has 0 aliphatic carbocycles. The third-order valence-corrected chi connectivity index (χ3v) is 5.61. The Morgan fingerprint density at radius 3 is 2.38 bits per heavy atom. The Morgan fingerprint density at radius 2 is 1.75 bits per heavy atom. The number of aromatic amines is 1. The van der Waals surface area contributed by atoms with Crippen LogP contribution in [-0.2, 0) is 17.1 Å². The second-order valence-corrected chi connectivity index (χ2v) is 8.53. The van der Waals surface area contributed by atoms with Crippen LogP contribution in [0.5, 0.6) is 5.88 Å². The van der Waals surface area contributed by atoms with Crippen LogP contribution >= 0.6 is 0 Å². The maximum atomic E-state index is 15.2. The number of anilines is 3. The van der Waals surface area contributed by atoms with Crippen LogP contribution in [0.2, 0.25) is 0 Å². The van der Waals surface area contributed by atoms with Crippen molar-refractivity contribution in [3.05, 3.63) is 58.2 Å². The number of carbonyl (C=O) groups is 1. The van der Waals surface area contributed by atoms with E-state index in [1.807, 2.05) is 0 Å². The number of rotatable bonds is 7. The van der Waals surface area contributed by atoms with Crippen LogP contribution < -0.4 is 25.4 Å². The van der Waals surface area contributed by atoms with E-state index in [4.69, 9.17) is 4.74 Å². The Balaban J connectivity index is 1.41. The molecule has 1 atom stereocenters. The minimum atomic E-state index is -4.96. The fourth-order valence-corrected chi connectivity index (χ4v) is 3.75. The molecule has 40 heavy (non-hydrogen) atoms. The van der Waals surface area contributed by atoms with E-state index in [0.29, 0.717) is 12.4 Å². The number of ether oxygens (including phenoxy) is 1. The Kier molecular flexibility index (Phi) is 7.79. The fraction of sp³-hybridized carbons (Fsp3) is 0.364. The number of aromatic nitrogens is 5. The second-order valence-electron chi connectivity index (χ2n) is 8.53. The molecule has 214 valence electrons. The third-order valence-electron chi connectivity index (χ3n) is 5.61. The van der Waals surface area contributed by atoms with E-state index in [1.54, 1.807) is 5.10 Å². The van der Waals surface area contributed by atoms with Crippen LogP contribution in [0.25, 0.3) is 0 Å². The number of hydrogen-bond donors (Lipinski definition) is 2. The van der Waals surface area contributed by atoms with Crippen molar-refractivity contribution in [1.29, 1.82) is 0 Å². The molecule has 1 amide bonds. The first-order chi connectivity index (χ1) is 18.8. The number of alkyl halides is 6. The molecule has 1 fully saturated rings. The average Bonchev–Trinajstić information content (AvgIpc) is 2.87. The summed E-state index contributed by atoms with van der Waals surface area (Å²) in [5.74, 6) is -2.27. The van der Waals surface area contributed by atoms with E-state index in [9.17, 15) is 35.9 Å². The summed E-state index contributed by atoms with van der Waals surface area (Å²) in [5, 5.41) is 7.49. The van der Waals surface area contributed by atoms with E-state index in [2.05, 4.69) is 25.4 Å². The summed E-state index contributed by atoms with van der Waals surface area (Å²) in [6.45, 7) is 0.675. The molecule has 0 bridgehead atoms. The van der Waals surface area contributed by atoms with Gasteiger partial charge in [-0.25, -0.2) is 20.1 Å². The maximum absolute atomic E-state index is 15.2. The van der Waals surface area contributed by atoms with Gasteiger partial charge in [-0.2, -0.15) is 35.8 Å². The van der Waals surface area contributed by atoms with Crippen molar-refractivity contribution in [3.63, 3.8) is 0 Å². The lowest BCUT2D eigenvalue weighted by atomic mass is 10.2. The number of H-pyrrole nitrogens is 1. The molecule has 3 aromatic rings. The maximum Gasteiger partial charge on any atom is 0.423 e. The van der Waals surface area contributed by atoms with Gasteiger partial charge in [-0.1, -0.05) is 0 Å². The largest absolute Gasteiger partial charge is 0.473 e. The normalized spacial score (nSPS) is 15.2. The molecular formula is C22H19F7N8O3. The summed E-state index contributed by atoms with van der Waals surface area (Å²) < 4.78 is 98.5. The van der Waals surface area contributed by atoms with Gasteiger partial charge in [-0.3, -0.25) is 9.59 Å². The van der Waals surface area contributed by atoms with E-state index in [0.717, 1.165) is 17.3 Å². The summed E-state index contributed by atoms with van der Waals surface area (Å²) in [5.41, 5.74) is -4.77. The van der Waals surface area contributed by atoms with Gasteiger partial charge in [0.15, 0.2) is 0 Å².